The van der Waals surface area contributed by atoms with Gasteiger partial charge in [0.05, 0.1) is 0 Å². The minimum Gasteiger partial charge on any atom is -0.329 e. The van der Waals surface area contributed by atoms with Gasteiger partial charge in [-0.05, 0) is 51.4 Å². The van der Waals surface area contributed by atoms with Gasteiger partial charge < -0.3 is 15.5 Å². The molecular weight excluding hydrogens is 230 g/mol. The van der Waals surface area contributed by atoms with Crippen molar-refractivity contribution in [2.75, 3.05) is 45.2 Å². The van der Waals surface area contributed by atoms with Crippen LogP contribution in [0, 0.1) is 0 Å². The van der Waals surface area contributed by atoms with Gasteiger partial charge in [-0.15, -0.1) is 0 Å². The molecule has 0 spiro atoms. The maximum Gasteiger partial charge on any atom is 0.0223 e. The van der Waals surface area contributed by atoms with Crippen molar-refractivity contribution < 1.29 is 0 Å². The predicted octanol–water partition coefficient (Wildman–Crippen LogP) is 1.48. The summed E-state index contributed by atoms with van der Waals surface area (Å²) in [7, 11) is 4.48. The third-order valence-electron chi connectivity index (χ3n) is 3.87. The van der Waals surface area contributed by atoms with E-state index < -0.39 is 0 Å². The van der Waals surface area contributed by atoms with Crippen LogP contribution in [0.2, 0.25) is 0 Å². The zero-order valence-electron chi connectivity index (χ0n) is 11.7. The SMILES string of the molecule is CCSCCC(CN)N(C)CC1CCCN1C. The van der Waals surface area contributed by atoms with E-state index >= 15 is 0 Å². The summed E-state index contributed by atoms with van der Waals surface area (Å²) in [6.45, 7) is 5.45. The Kier molecular flexibility index (Phi) is 7.51. The highest BCUT2D eigenvalue weighted by Crippen LogP contribution is 2.17. The second-order valence-electron chi connectivity index (χ2n) is 5.09. The molecule has 2 unspecified atom stereocenters. The first-order chi connectivity index (χ1) is 8.19. The van der Waals surface area contributed by atoms with E-state index in [0.717, 1.165) is 12.6 Å². The minimum atomic E-state index is 0.558. The second kappa shape index (κ2) is 8.35. The van der Waals surface area contributed by atoms with Gasteiger partial charge in [0, 0.05) is 25.2 Å². The molecule has 0 aromatic carbocycles. The Morgan fingerprint density at radius 2 is 2.29 bits per heavy atom. The fourth-order valence-electron chi connectivity index (χ4n) is 2.57. The maximum atomic E-state index is 5.90. The van der Waals surface area contributed by atoms with Crippen LogP contribution in [-0.4, -0.2) is 67.1 Å². The van der Waals surface area contributed by atoms with Crippen molar-refractivity contribution in [3.8, 4) is 0 Å². The Hall–Kier alpha value is 0.230. The molecule has 0 aliphatic carbocycles. The van der Waals surface area contributed by atoms with Crippen LogP contribution < -0.4 is 5.73 Å². The highest BCUT2D eigenvalue weighted by atomic mass is 32.2. The van der Waals surface area contributed by atoms with Crippen LogP contribution in [0.1, 0.15) is 26.2 Å². The van der Waals surface area contributed by atoms with Crippen molar-refractivity contribution >= 4 is 11.8 Å². The van der Waals surface area contributed by atoms with E-state index in [4.69, 9.17) is 5.73 Å². The zero-order valence-corrected chi connectivity index (χ0v) is 12.5. The van der Waals surface area contributed by atoms with Crippen LogP contribution in [0.4, 0.5) is 0 Å². The molecule has 0 aromatic rings. The molecule has 1 fully saturated rings. The summed E-state index contributed by atoms with van der Waals surface area (Å²) in [5.74, 6) is 2.45. The molecule has 17 heavy (non-hydrogen) atoms. The summed E-state index contributed by atoms with van der Waals surface area (Å²) >= 11 is 2.02. The number of hydrogen-bond donors (Lipinski definition) is 1. The molecule has 0 radical (unpaired) electrons. The largest absolute Gasteiger partial charge is 0.329 e. The lowest BCUT2D eigenvalue weighted by Gasteiger charge is -2.31. The van der Waals surface area contributed by atoms with E-state index in [-0.39, 0.29) is 0 Å². The third-order valence-corrected chi connectivity index (χ3v) is 4.80. The Bertz CT molecular complexity index is 201. The smallest absolute Gasteiger partial charge is 0.0223 e. The first kappa shape index (κ1) is 15.3. The molecule has 2 N–H and O–H groups in total. The van der Waals surface area contributed by atoms with E-state index in [2.05, 4.69) is 30.8 Å². The number of nitrogens with two attached hydrogens (primary N) is 1. The average Bonchev–Trinajstić information content (AvgIpc) is 2.70. The molecule has 3 nitrogen and oxygen atoms in total. The molecule has 1 heterocycles. The standard InChI is InChI=1S/C13H29N3S/c1-4-17-9-7-12(10-14)16(3)11-13-6-5-8-15(13)2/h12-13H,4-11,14H2,1-3H3. The zero-order chi connectivity index (χ0) is 12.7. The maximum absolute atomic E-state index is 5.90. The normalized spacial score (nSPS) is 23.5. The molecule has 0 amide bonds. The molecule has 102 valence electrons. The average molecular weight is 259 g/mol. The summed E-state index contributed by atoms with van der Waals surface area (Å²) in [6, 6.07) is 1.30. The van der Waals surface area contributed by atoms with Gasteiger partial charge in [0.25, 0.3) is 0 Å². The summed E-state index contributed by atoms with van der Waals surface area (Å²) < 4.78 is 0. The lowest BCUT2D eigenvalue weighted by Crippen LogP contribution is -2.45. The van der Waals surface area contributed by atoms with Crippen LogP contribution in [0.3, 0.4) is 0 Å². The second-order valence-corrected chi connectivity index (χ2v) is 6.49. The number of hydrogen-bond acceptors (Lipinski definition) is 4. The summed E-state index contributed by atoms with van der Waals surface area (Å²) in [4.78, 5) is 4.97. The molecule has 1 aliphatic heterocycles. The van der Waals surface area contributed by atoms with Crippen molar-refractivity contribution in [1.29, 1.82) is 0 Å². The Morgan fingerprint density at radius 3 is 2.82 bits per heavy atom. The molecule has 1 saturated heterocycles. The van der Waals surface area contributed by atoms with Crippen LogP contribution in [0.5, 0.6) is 0 Å². The monoisotopic (exact) mass is 259 g/mol. The summed E-state index contributed by atoms with van der Waals surface area (Å²) in [5.41, 5.74) is 5.90. The lowest BCUT2D eigenvalue weighted by molar-refractivity contribution is 0.176. The van der Waals surface area contributed by atoms with E-state index in [1.54, 1.807) is 0 Å². The molecule has 0 saturated carbocycles. The van der Waals surface area contributed by atoms with E-state index in [1.807, 2.05) is 11.8 Å². The Balaban J connectivity index is 2.29. The number of likely N-dealkylation sites (N-methyl/N-ethyl adjacent to an activating group) is 2. The topological polar surface area (TPSA) is 32.5 Å². The number of thioether (sulfide) groups is 1. The first-order valence-electron chi connectivity index (χ1n) is 6.87. The van der Waals surface area contributed by atoms with E-state index in [0.29, 0.717) is 6.04 Å². The van der Waals surface area contributed by atoms with Crippen molar-refractivity contribution in [3.63, 3.8) is 0 Å². The van der Waals surface area contributed by atoms with Crippen LogP contribution in [0.15, 0.2) is 0 Å². The Morgan fingerprint density at radius 1 is 1.53 bits per heavy atom. The predicted molar refractivity (Wildman–Crippen MR) is 78.7 cm³/mol. The van der Waals surface area contributed by atoms with Crippen LogP contribution >= 0.6 is 11.8 Å². The van der Waals surface area contributed by atoms with Crippen molar-refractivity contribution in [1.82, 2.24) is 9.80 Å². The van der Waals surface area contributed by atoms with Gasteiger partial charge in [-0.2, -0.15) is 11.8 Å². The molecule has 1 aliphatic rings. The molecule has 0 aromatic heterocycles. The number of rotatable bonds is 8. The van der Waals surface area contributed by atoms with Gasteiger partial charge in [-0.25, -0.2) is 0 Å². The van der Waals surface area contributed by atoms with Crippen molar-refractivity contribution in [3.05, 3.63) is 0 Å². The van der Waals surface area contributed by atoms with Crippen LogP contribution in [0.25, 0.3) is 0 Å². The van der Waals surface area contributed by atoms with Gasteiger partial charge in [-0.1, -0.05) is 6.92 Å². The quantitative estimate of drug-likeness (QED) is 0.669. The van der Waals surface area contributed by atoms with Gasteiger partial charge in [0.2, 0.25) is 0 Å². The molecule has 2 atom stereocenters. The van der Waals surface area contributed by atoms with Crippen molar-refractivity contribution in [2.24, 2.45) is 5.73 Å². The third kappa shape index (κ3) is 5.16. The fraction of sp³-hybridized carbons (Fsp3) is 1.00. The van der Waals surface area contributed by atoms with E-state index in [1.165, 1.54) is 43.9 Å². The number of nitrogens with zero attached hydrogens (tertiary/aromatic N) is 2. The highest BCUT2D eigenvalue weighted by Gasteiger charge is 2.24. The van der Waals surface area contributed by atoms with E-state index in [9.17, 15) is 0 Å². The fourth-order valence-corrected chi connectivity index (χ4v) is 3.30. The summed E-state index contributed by atoms with van der Waals surface area (Å²) in [5, 5.41) is 0. The highest BCUT2D eigenvalue weighted by molar-refractivity contribution is 7.99. The van der Waals surface area contributed by atoms with Crippen LogP contribution in [-0.2, 0) is 0 Å². The van der Waals surface area contributed by atoms with Gasteiger partial charge in [0.1, 0.15) is 0 Å². The molecule has 4 heteroatoms. The molecular formula is C13H29N3S. The van der Waals surface area contributed by atoms with Crippen molar-refractivity contribution in [2.45, 2.75) is 38.3 Å². The van der Waals surface area contributed by atoms with Gasteiger partial charge >= 0.3 is 0 Å². The first-order valence-corrected chi connectivity index (χ1v) is 8.02. The Labute approximate surface area is 111 Å². The minimum absolute atomic E-state index is 0.558. The lowest BCUT2D eigenvalue weighted by atomic mass is 10.1. The van der Waals surface area contributed by atoms with Gasteiger partial charge in [-0.3, -0.25) is 0 Å². The number of likely N-dealkylation sites (tertiary alicyclic amines) is 1. The molecule has 0 bridgehead atoms. The van der Waals surface area contributed by atoms with Gasteiger partial charge in [0.15, 0.2) is 0 Å². The molecule has 1 rings (SSSR count). The summed E-state index contributed by atoms with van der Waals surface area (Å²) in [6.07, 6.45) is 3.93.